The number of hydrogen-bond donors (Lipinski definition) is 0. The Bertz CT molecular complexity index is 440. The Morgan fingerprint density at radius 3 is 2.94 bits per heavy atom. The Morgan fingerprint density at radius 2 is 2.35 bits per heavy atom. The van der Waals surface area contributed by atoms with Gasteiger partial charge in [-0.3, -0.25) is 9.59 Å². The van der Waals surface area contributed by atoms with Crippen molar-refractivity contribution >= 4 is 11.9 Å². The van der Waals surface area contributed by atoms with Crippen LogP contribution in [0.1, 0.15) is 22.7 Å². The van der Waals surface area contributed by atoms with Crippen molar-refractivity contribution in [2.75, 3.05) is 20.2 Å². The van der Waals surface area contributed by atoms with Gasteiger partial charge in [0.05, 0.1) is 18.7 Å². The van der Waals surface area contributed by atoms with Gasteiger partial charge in [0.25, 0.3) is 5.91 Å². The first kappa shape index (κ1) is 11.6. The Hall–Kier alpha value is -1.85. The standard InChI is InChI=1S/C11H14N2O4/c1-7-9(17-6-12-7)10(14)13-4-3-8(5-13)11(15)16-2/h6,8H,3-5H2,1-2H3. The number of oxazole rings is 1. The van der Waals surface area contributed by atoms with Crippen LogP contribution in [0.5, 0.6) is 0 Å². The smallest absolute Gasteiger partial charge is 0.310 e. The Kier molecular flexibility index (Phi) is 3.12. The van der Waals surface area contributed by atoms with Crippen molar-refractivity contribution in [2.45, 2.75) is 13.3 Å². The predicted octanol–water partition coefficient (Wildman–Crippen LogP) is 0.618. The molecule has 1 aromatic heterocycles. The number of carbonyl (C=O) groups is 2. The van der Waals surface area contributed by atoms with E-state index >= 15 is 0 Å². The summed E-state index contributed by atoms with van der Waals surface area (Å²) in [4.78, 5) is 28.8. The van der Waals surface area contributed by atoms with Crippen molar-refractivity contribution in [1.29, 1.82) is 0 Å². The third-order valence-electron chi connectivity index (χ3n) is 2.95. The molecule has 0 N–H and O–H groups in total. The summed E-state index contributed by atoms with van der Waals surface area (Å²) in [5.41, 5.74) is 0.566. The van der Waals surface area contributed by atoms with E-state index in [0.29, 0.717) is 25.2 Å². The van der Waals surface area contributed by atoms with Gasteiger partial charge in [0.15, 0.2) is 6.39 Å². The van der Waals surface area contributed by atoms with E-state index in [1.165, 1.54) is 13.5 Å². The molecular weight excluding hydrogens is 224 g/mol. The van der Waals surface area contributed by atoms with Gasteiger partial charge in [-0.05, 0) is 13.3 Å². The highest BCUT2D eigenvalue weighted by molar-refractivity contribution is 5.93. The molecule has 1 fully saturated rings. The summed E-state index contributed by atoms with van der Waals surface area (Å²) < 4.78 is 9.71. The fraction of sp³-hybridized carbons (Fsp3) is 0.545. The summed E-state index contributed by atoms with van der Waals surface area (Å²) in [7, 11) is 1.35. The quantitative estimate of drug-likeness (QED) is 0.706. The van der Waals surface area contributed by atoms with Crippen LogP contribution in [0.4, 0.5) is 0 Å². The van der Waals surface area contributed by atoms with Crippen LogP contribution >= 0.6 is 0 Å². The van der Waals surface area contributed by atoms with Crippen LogP contribution in [0.2, 0.25) is 0 Å². The molecule has 0 spiro atoms. The first-order chi connectivity index (χ1) is 8.13. The lowest BCUT2D eigenvalue weighted by molar-refractivity contribution is -0.144. The highest BCUT2D eigenvalue weighted by Crippen LogP contribution is 2.20. The molecule has 1 aliphatic heterocycles. The number of carbonyl (C=O) groups excluding carboxylic acids is 2. The second-order valence-electron chi connectivity index (χ2n) is 4.03. The van der Waals surface area contributed by atoms with Gasteiger partial charge in [0.2, 0.25) is 5.76 Å². The van der Waals surface area contributed by atoms with Gasteiger partial charge in [-0.15, -0.1) is 0 Å². The number of ether oxygens (including phenoxy) is 1. The third-order valence-corrected chi connectivity index (χ3v) is 2.95. The highest BCUT2D eigenvalue weighted by Gasteiger charge is 2.33. The van der Waals surface area contributed by atoms with E-state index in [4.69, 9.17) is 4.42 Å². The second kappa shape index (κ2) is 4.57. The van der Waals surface area contributed by atoms with Crippen molar-refractivity contribution in [3.05, 3.63) is 17.8 Å². The summed E-state index contributed by atoms with van der Waals surface area (Å²) in [5, 5.41) is 0. The Morgan fingerprint density at radius 1 is 1.59 bits per heavy atom. The minimum Gasteiger partial charge on any atom is -0.469 e. The molecule has 0 aliphatic carbocycles. The van der Waals surface area contributed by atoms with Crippen LogP contribution in [0.25, 0.3) is 0 Å². The summed E-state index contributed by atoms with van der Waals surface area (Å²) in [5.74, 6) is -0.469. The largest absolute Gasteiger partial charge is 0.469 e. The summed E-state index contributed by atoms with van der Waals surface area (Å²) in [6, 6.07) is 0. The molecule has 17 heavy (non-hydrogen) atoms. The van der Waals surface area contributed by atoms with Crippen LogP contribution in [0.15, 0.2) is 10.8 Å². The van der Waals surface area contributed by atoms with E-state index in [1.54, 1.807) is 11.8 Å². The maximum Gasteiger partial charge on any atom is 0.310 e. The molecule has 1 amide bonds. The van der Waals surface area contributed by atoms with Crippen LogP contribution in [-0.2, 0) is 9.53 Å². The molecule has 6 nitrogen and oxygen atoms in total. The number of amides is 1. The van der Waals surface area contributed by atoms with Gasteiger partial charge in [-0.25, -0.2) is 4.98 Å². The van der Waals surface area contributed by atoms with E-state index in [2.05, 4.69) is 9.72 Å². The van der Waals surface area contributed by atoms with Crippen LogP contribution in [0.3, 0.4) is 0 Å². The molecule has 0 saturated carbocycles. The monoisotopic (exact) mass is 238 g/mol. The summed E-state index contributed by atoms with van der Waals surface area (Å²) in [6.45, 7) is 2.63. The Balaban J connectivity index is 2.04. The van der Waals surface area contributed by atoms with Gasteiger partial charge in [-0.2, -0.15) is 0 Å². The topological polar surface area (TPSA) is 72.6 Å². The van der Waals surface area contributed by atoms with Gasteiger partial charge < -0.3 is 14.1 Å². The van der Waals surface area contributed by atoms with E-state index in [9.17, 15) is 9.59 Å². The molecule has 92 valence electrons. The number of esters is 1. The van der Waals surface area contributed by atoms with E-state index in [1.807, 2.05) is 0 Å². The van der Waals surface area contributed by atoms with Crippen molar-refractivity contribution in [1.82, 2.24) is 9.88 Å². The Labute approximate surface area is 98.6 Å². The maximum absolute atomic E-state index is 12.0. The molecule has 1 saturated heterocycles. The van der Waals surface area contributed by atoms with E-state index in [0.717, 1.165) is 0 Å². The van der Waals surface area contributed by atoms with Crippen molar-refractivity contribution < 1.29 is 18.7 Å². The first-order valence-corrected chi connectivity index (χ1v) is 5.40. The van der Waals surface area contributed by atoms with E-state index < -0.39 is 0 Å². The molecular formula is C11H14N2O4. The predicted molar refractivity (Wildman–Crippen MR) is 57.3 cm³/mol. The molecule has 2 rings (SSSR count). The van der Waals surface area contributed by atoms with Crippen molar-refractivity contribution in [3.8, 4) is 0 Å². The average molecular weight is 238 g/mol. The lowest BCUT2D eigenvalue weighted by Crippen LogP contribution is -2.30. The number of nitrogens with zero attached hydrogens (tertiary/aromatic N) is 2. The molecule has 0 radical (unpaired) electrons. The number of likely N-dealkylation sites (tertiary alicyclic amines) is 1. The van der Waals surface area contributed by atoms with Crippen LogP contribution in [0, 0.1) is 12.8 Å². The maximum atomic E-state index is 12.0. The minimum absolute atomic E-state index is 0.216. The fourth-order valence-electron chi connectivity index (χ4n) is 1.95. The lowest BCUT2D eigenvalue weighted by atomic mass is 10.1. The number of hydrogen-bond acceptors (Lipinski definition) is 5. The third kappa shape index (κ3) is 2.15. The zero-order chi connectivity index (χ0) is 12.4. The van der Waals surface area contributed by atoms with Crippen LogP contribution in [-0.4, -0.2) is 42.0 Å². The SMILES string of the molecule is COC(=O)C1CCN(C(=O)c2ocnc2C)C1. The summed E-state index contributed by atoms with van der Waals surface area (Å²) in [6.07, 6.45) is 1.88. The molecule has 1 aliphatic rings. The van der Waals surface area contributed by atoms with Gasteiger partial charge >= 0.3 is 5.97 Å². The number of methoxy groups -OCH3 is 1. The van der Waals surface area contributed by atoms with Crippen molar-refractivity contribution in [3.63, 3.8) is 0 Å². The molecule has 6 heteroatoms. The van der Waals surface area contributed by atoms with Crippen molar-refractivity contribution in [2.24, 2.45) is 5.92 Å². The second-order valence-corrected chi connectivity index (χ2v) is 4.03. The summed E-state index contributed by atoms with van der Waals surface area (Å²) >= 11 is 0. The van der Waals surface area contributed by atoms with E-state index in [-0.39, 0.29) is 23.6 Å². The molecule has 1 atom stereocenters. The van der Waals surface area contributed by atoms with Gasteiger partial charge in [-0.1, -0.05) is 0 Å². The molecule has 1 unspecified atom stereocenters. The molecule has 0 aromatic carbocycles. The highest BCUT2D eigenvalue weighted by atomic mass is 16.5. The first-order valence-electron chi connectivity index (χ1n) is 5.40. The number of rotatable bonds is 2. The lowest BCUT2D eigenvalue weighted by Gasteiger charge is -2.14. The molecule has 1 aromatic rings. The zero-order valence-electron chi connectivity index (χ0n) is 9.80. The zero-order valence-corrected chi connectivity index (χ0v) is 9.80. The van der Waals surface area contributed by atoms with Crippen LogP contribution < -0.4 is 0 Å². The number of aromatic nitrogens is 1. The van der Waals surface area contributed by atoms with Gasteiger partial charge in [0, 0.05) is 13.1 Å². The molecule has 0 bridgehead atoms. The average Bonchev–Trinajstić information content (AvgIpc) is 2.95. The normalized spacial score (nSPS) is 19.4. The molecule has 2 heterocycles. The minimum atomic E-state index is -0.269. The van der Waals surface area contributed by atoms with Gasteiger partial charge in [0.1, 0.15) is 0 Å². The fourth-order valence-corrected chi connectivity index (χ4v) is 1.95. The number of aryl methyl sites for hydroxylation is 1.